The average Bonchev–Trinajstić information content (AvgIpc) is 2.79. The number of hydrogen-bond acceptors (Lipinski definition) is 6. The molecule has 0 heterocycles. The van der Waals surface area contributed by atoms with Crippen LogP contribution in [-0.4, -0.2) is 36.7 Å². The summed E-state index contributed by atoms with van der Waals surface area (Å²) < 4.78 is 10.2. The van der Waals surface area contributed by atoms with Gasteiger partial charge in [0.15, 0.2) is 11.6 Å². The number of ether oxygens (including phenoxy) is 2. The fourth-order valence-electron chi connectivity index (χ4n) is 3.76. The van der Waals surface area contributed by atoms with E-state index in [1.807, 2.05) is 6.07 Å². The highest BCUT2D eigenvalue weighted by Gasteiger charge is 2.48. The van der Waals surface area contributed by atoms with Crippen LogP contribution in [0.2, 0.25) is 0 Å². The fraction of sp³-hybridized carbons (Fsp3) is 0.280. The van der Waals surface area contributed by atoms with Crippen LogP contribution < -0.4 is 0 Å². The molecular formula is C25H24O6. The first-order valence-corrected chi connectivity index (χ1v) is 10.2. The van der Waals surface area contributed by atoms with Crippen LogP contribution in [0.25, 0.3) is 5.57 Å². The minimum atomic E-state index is -1.49. The van der Waals surface area contributed by atoms with Crippen LogP contribution in [0.15, 0.2) is 66.2 Å². The second-order valence-corrected chi connectivity index (χ2v) is 7.05. The van der Waals surface area contributed by atoms with Crippen molar-refractivity contribution >= 4 is 29.1 Å². The molecule has 0 aliphatic heterocycles. The first-order valence-electron chi connectivity index (χ1n) is 10.2. The van der Waals surface area contributed by atoms with Crippen LogP contribution >= 0.6 is 0 Å². The minimum Gasteiger partial charge on any atom is -0.465 e. The Kier molecular flexibility index (Phi) is 7.13. The van der Waals surface area contributed by atoms with Crippen molar-refractivity contribution in [3.8, 4) is 0 Å². The molecule has 160 valence electrons. The molecule has 31 heavy (non-hydrogen) atoms. The van der Waals surface area contributed by atoms with Crippen molar-refractivity contribution in [2.45, 2.75) is 20.3 Å². The van der Waals surface area contributed by atoms with Crippen molar-refractivity contribution < 1.29 is 28.7 Å². The highest BCUT2D eigenvalue weighted by molar-refractivity contribution is 6.25. The minimum absolute atomic E-state index is 0.0223. The van der Waals surface area contributed by atoms with Gasteiger partial charge in [-0.05, 0) is 31.4 Å². The Morgan fingerprint density at radius 1 is 0.839 bits per heavy atom. The lowest BCUT2D eigenvalue weighted by molar-refractivity contribution is -0.156. The van der Waals surface area contributed by atoms with E-state index < -0.39 is 35.3 Å². The van der Waals surface area contributed by atoms with Gasteiger partial charge < -0.3 is 9.47 Å². The van der Waals surface area contributed by atoms with Gasteiger partial charge in [-0.2, -0.15) is 0 Å². The van der Waals surface area contributed by atoms with Crippen LogP contribution in [0.5, 0.6) is 0 Å². The first kappa shape index (κ1) is 22.2. The summed E-state index contributed by atoms with van der Waals surface area (Å²) in [5.74, 6) is -5.33. The number of carbonyl (C=O) groups excluding carboxylic acids is 4. The maximum absolute atomic E-state index is 13.5. The maximum atomic E-state index is 13.5. The lowest BCUT2D eigenvalue weighted by atomic mass is 9.71. The van der Waals surface area contributed by atoms with E-state index in [0.717, 1.165) is 0 Å². The quantitative estimate of drug-likeness (QED) is 0.386. The zero-order valence-electron chi connectivity index (χ0n) is 17.5. The van der Waals surface area contributed by atoms with Gasteiger partial charge in [-0.3, -0.25) is 19.2 Å². The molecule has 0 N–H and O–H groups in total. The number of carbonyl (C=O) groups is 4. The van der Waals surface area contributed by atoms with Crippen molar-refractivity contribution in [1.29, 1.82) is 0 Å². The molecule has 6 heteroatoms. The van der Waals surface area contributed by atoms with Crippen molar-refractivity contribution in [3.05, 3.63) is 77.4 Å². The molecule has 0 aromatic heterocycles. The van der Waals surface area contributed by atoms with Crippen molar-refractivity contribution in [3.63, 3.8) is 0 Å². The van der Waals surface area contributed by atoms with Gasteiger partial charge in [0.2, 0.25) is 0 Å². The third kappa shape index (κ3) is 4.63. The zero-order chi connectivity index (χ0) is 22.4. The largest absolute Gasteiger partial charge is 0.465 e. The molecule has 0 saturated carbocycles. The predicted molar refractivity (Wildman–Crippen MR) is 114 cm³/mol. The maximum Gasteiger partial charge on any atom is 0.321 e. The summed E-state index contributed by atoms with van der Waals surface area (Å²) in [5, 5.41) is 0. The normalized spacial score (nSPS) is 18.5. The van der Waals surface area contributed by atoms with Gasteiger partial charge in [0.05, 0.1) is 13.2 Å². The van der Waals surface area contributed by atoms with E-state index in [1.54, 1.807) is 68.4 Å². The average molecular weight is 420 g/mol. The summed E-state index contributed by atoms with van der Waals surface area (Å²) in [6, 6.07) is 17.4. The van der Waals surface area contributed by atoms with Gasteiger partial charge in [-0.1, -0.05) is 60.7 Å². The molecule has 2 aromatic carbocycles. The molecule has 0 radical (unpaired) electrons. The van der Waals surface area contributed by atoms with Gasteiger partial charge in [0.1, 0.15) is 11.8 Å². The summed E-state index contributed by atoms with van der Waals surface area (Å²) in [6.07, 6.45) is -0.0223. The number of ketones is 2. The van der Waals surface area contributed by atoms with Crippen LogP contribution in [-0.2, 0) is 23.9 Å². The predicted octanol–water partition coefficient (Wildman–Crippen LogP) is 3.65. The van der Waals surface area contributed by atoms with E-state index in [-0.39, 0.29) is 25.2 Å². The van der Waals surface area contributed by atoms with Crippen molar-refractivity contribution in [1.82, 2.24) is 0 Å². The summed E-state index contributed by atoms with van der Waals surface area (Å²) in [4.78, 5) is 52.2. The number of rotatable bonds is 7. The number of allylic oxidation sites excluding steroid dienone is 1. The van der Waals surface area contributed by atoms with E-state index in [2.05, 4.69) is 0 Å². The van der Waals surface area contributed by atoms with Crippen LogP contribution in [0, 0.1) is 11.8 Å². The molecule has 2 aromatic rings. The summed E-state index contributed by atoms with van der Waals surface area (Å²) in [5.41, 5.74) is 1.55. The molecule has 6 nitrogen and oxygen atoms in total. The molecule has 0 bridgehead atoms. The Morgan fingerprint density at radius 3 is 1.97 bits per heavy atom. The lowest BCUT2D eigenvalue weighted by Gasteiger charge is -2.30. The molecular weight excluding hydrogens is 396 g/mol. The molecule has 0 saturated heterocycles. The zero-order valence-corrected chi connectivity index (χ0v) is 17.5. The van der Waals surface area contributed by atoms with Gasteiger partial charge in [0, 0.05) is 11.1 Å². The number of esters is 2. The SMILES string of the molecule is CCOC(=O)C1CC(c2ccccc2)=C(C(=O)c2ccccc2)C(C(=O)OCC)C1=O. The third-order valence-electron chi connectivity index (χ3n) is 5.15. The molecule has 0 fully saturated rings. The number of Topliss-reactive ketones (excluding diaryl/α,β-unsaturated/α-hetero) is 2. The summed E-state index contributed by atoms with van der Waals surface area (Å²) in [7, 11) is 0. The van der Waals surface area contributed by atoms with Gasteiger partial charge in [0.25, 0.3) is 0 Å². The number of hydrogen-bond donors (Lipinski definition) is 0. The Balaban J connectivity index is 2.24. The Morgan fingerprint density at radius 2 is 1.39 bits per heavy atom. The van der Waals surface area contributed by atoms with Gasteiger partial charge in [-0.25, -0.2) is 0 Å². The highest BCUT2D eigenvalue weighted by atomic mass is 16.5. The Labute approximate surface area is 180 Å². The van der Waals surface area contributed by atoms with Gasteiger partial charge in [-0.15, -0.1) is 0 Å². The van der Waals surface area contributed by atoms with E-state index in [1.165, 1.54) is 0 Å². The third-order valence-corrected chi connectivity index (χ3v) is 5.15. The van der Waals surface area contributed by atoms with E-state index >= 15 is 0 Å². The van der Waals surface area contributed by atoms with Crippen LogP contribution in [0.1, 0.15) is 36.2 Å². The van der Waals surface area contributed by atoms with Gasteiger partial charge >= 0.3 is 11.9 Å². The number of benzene rings is 2. The molecule has 0 amide bonds. The second kappa shape index (κ2) is 9.98. The molecule has 2 unspecified atom stereocenters. The van der Waals surface area contributed by atoms with Crippen molar-refractivity contribution in [2.24, 2.45) is 11.8 Å². The monoisotopic (exact) mass is 420 g/mol. The van der Waals surface area contributed by atoms with E-state index in [0.29, 0.717) is 16.7 Å². The standard InChI is InChI=1S/C25H24O6/c1-3-30-24(28)19-15-18(16-11-7-5-8-12-16)20(21(23(19)27)25(29)31-4-2)22(26)17-13-9-6-10-14-17/h5-14,19,21H,3-4,15H2,1-2H3. The smallest absolute Gasteiger partial charge is 0.321 e. The molecule has 0 spiro atoms. The van der Waals surface area contributed by atoms with E-state index in [9.17, 15) is 19.2 Å². The summed E-state index contributed by atoms with van der Waals surface area (Å²) in [6.45, 7) is 3.41. The molecule has 1 aliphatic rings. The van der Waals surface area contributed by atoms with Crippen LogP contribution in [0.3, 0.4) is 0 Å². The topological polar surface area (TPSA) is 86.7 Å². The lowest BCUT2D eigenvalue weighted by Crippen LogP contribution is -2.42. The first-order chi connectivity index (χ1) is 15.0. The Bertz CT molecular complexity index is 1010. The fourth-order valence-corrected chi connectivity index (χ4v) is 3.76. The second-order valence-electron chi connectivity index (χ2n) is 7.05. The van der Waals surface area contributed by atoms with Crippen molar-refractivity contribution in [2.75, 3.05) is 13.2 Å². The molecule has 2 atom stereocenters. The van der Waals surface area contributed by atoms with E-state index in [4.69, 9.17) is 9.47 Å². The molecule has 1 aliphatic carbocycles. The highest BCUT2D eigenvalue weighted by Crippen LogP contribution is 2.40. The Hall–Kier alpha value is -3.54. The molecule has 3 rings (SSSR count). The summed E-state index contributed by atoms with van der Waals surface area (Å²) >= 11 is 0. The van der Waals surface area contributed by atoms with Crippen LogP contribution in [0.4, 0.5) is 0 Å².